The van der Waals surface area contributed by atoms with Gasteiger partial charge >= 0.3 is 0 Å². The SMILES string of the molecule is CCC[C@@H]1S/C(=N\N=C/c2cccs2)N(Cc2ccccc2C)C1=O. The van der Waals surface area contributed by atoms with Crippen LogP contribution in [0.3, 0.4) is 0 Å². The van der Waals surface area contributed by atoms with E-state index >= 15 is 0 Å². The van der Waals surface area contributed by atoms with E-state index in [2.05, 4.69) is 36.2 Å². The topological polar surface area (TPSA) is 45.0 Å². The first kappa shape index (κ1) is 17.9. The Balaban J connectivity index is 1.82. The highest BCUT2D eigenvalue weighted by molar-refractivity contribution is 8.15. The van der Waals surface area contributed by atoms with Crippen LogP contribution in [0.5, 0.6) is 0 Å². The molecule has 130 valence electrons. The van der Waals surface area contributed by atoms with Gasteiger partial charge in [-0.05, 0) is 35.9 Å². The van der Waals surface area contributed by atoms with Crippen molar-refractivity contribution in [1.29, 1.82) is 0 Å². The van der Waals surface area contributed by atoms with Gasteiger partial charge in [0.05, 0.1) is 18.0 Å². The van der Waals surface area contributed by atoms with Gasteiger partial charge in [0, 0.05) is 4.88 Å². The highest BCUT2D eigenvalue weighted by Gasteiger charge is 2.37. The number of thioether (sulfide) groups is 1. The van der Waals surface area contributed by atoms with Crippen molar-refractivity contribution in [3.63, 3.8) is 0 Å². The number of benzene rings is 1. The van der Waals surface area contributed by atoms with Gasteiger partial charge in [0.1, 0.15) is 0 Å². The second-order valence-electron chi connectivity index (χ2n) is 5.89. The van der Waals surface area contributed by atoms with Crippen LogP contribution in [0.15, 0.2) is 52.0 Å². The third kappa shape index (κ3) is 4.38. The zero-order valence-electron chi connectivity index (χ0n) is 14.4. The number of amides is 1. The minimum atomic E-state index is -0.0512. The van der Waals surface area contributed by atoms with Gasteiger partial charge in [0.2, 0.25) is 5.91 Å². The average Bonchev–Trinajstić information content (AvgIpc) is 3.21. The summed E-state index contributed by atoms with van der Waals surface area (Å²) in [5, 5.41) is 11.2. The van der Waals surface area contributed by atoms with Crippen LogP contribution in [0.1, 0.15) is 35.8 Å². The van der Waals surface area contributed by atoms with E-state index in [4.69, 9.17) is 0 Å². The van der Waals surface area contributed by atoms with Crippen LogP contribution in [0.2, 0.25) is 0 Å². The van der Waals surface area contributed by atoms with Gasteiger partial charge in [-0.2, -0.15) is 5.10 Å². The maximum atomic E-state index is 12.8. The molecule has 0 bridgehead atoms. The summed E-state index contributed by atoms with van der Waals surface area (Å²) in [5.74, 6) is 0.139. The molecule has 1 aromatic carbocycles. The molecule has 0 N–H and O–H groups in total. The molecule has 1 saturated heterocycles. The molecule has 1 amide bonds. The third-order valence-electron chi connectivity index (χ3n) is 4.03. The molecule has 3 rings (SSSR count). The normalized spacial score (nSPS) is 19.4. The minimum absolute atomic E-state index is 0.0512. The van der Waals surface area contributed by atoms with Crippen molar-refractivity contribution in [2.24, 2.45) is 10.2 Å². The number of amidine groups is 1. The third-order valence-corrected chi connectivity index (χ3v) is 6.07. The van der Waals surface area contributed by atoms with Gasteiger partial charge in [-0.1, -0.05) is 55.4 Å². The van der Waals surface area contributed by atoms with Crippen LogP contribution < -0.4 is 0 Å². The molecule has 0 spiro atoms. The molecule has 0 aliphatic carbocycles. The zero-order valence-corrected chi connectivity index (χ0v) is 16.0. The summed E-state index contributed by atoms with van der Waals surface area (Å²) in [6.45, 7) is 4.72. The van der Waals surface area contributed by atoms with Crippen molar-refractivity contribution in [2.75, 3.05) is 0 Å². The molecular weight excluding hydrogens is 350 g/mol. The van der Waals surface area contributed by atoms with Gasteiger partial charge < -0.3 is 0 Å². The summed E-state index contributed by atoms with van der Waals surface area (Å²) in [6.07, 6.45) is 3.58. The lowest BCUT2D eigenvalue weighted by molar-refractivity contribution is -0.126. The molecule has 6 heteroatoms. The molecule has 1 aliphatic heterocycles. The fraction of sp³-hybridized carbons (Fsp3) is 0.316. The van der Waals surface area contributed by atoms with E-state index in [1.165, 1.54) is 17.3 Å². The van der Waals surface area contributed by atoms with Crippen molar-refractivity contribution in [1.82, 2.24) is 4.90 Å². The number of hydrogen-bond donors (Lipinski definition) is 0. The Bertz CT molecular complexity index is 784. The van der Waals surface area contributed by atoms with Gasteiger partial charge in [0.25, 0.3) is 0 Å². The van der Waals surface area contributed by atoms with Crippen molar-refractivity contribution < 1.29 is 4.79 Å². The lowest BCUT2D eigenvalue weighted by atomic mass is 10.1. The second kappa shape index (κ2) is 8.45. The van der Waals surface area contributed by atoms with Crippen molar-refractivity contribution in [2.45, 2.75) is 38.5 Å². The molecule has 2 heterocycles. The van der Waals surface area contributed by atoms with E-state index in [9.17, 15) is 4.79 Å². The quantitative estimate of drug-likeness (QED) is 0.546. The van der Waals surface area contributed by atoms with Crippen LogP contribution in [0.4, 0.5) is 0 Å². The maximum absolute atomic E-state index is 12.8. The standard InChI is InChI=1S/C19H21N3OS2/c1-3-7-17-18(23)22(13-15-9-5-4-8-14(15)2)19(25-17)21-20-12-16-10-6-11-24-16/h4-6,8-12,17H,3,7,13H2,1-2H3/b20-12-,21-19-/t17-/m0/s1. The summed E-state index contributed by atoms with van der Waals surface area (Å²) in [5.41, 5.74) is 2.32. The summed E-state index contributed by atoms with van der Waals surface area (Å²) in [7, 11) is 0. The van der Waals surface area contributed by atoms with Crippen molar-refractivity contribution in [3.05, 3.63) is 57.8 Å². The second-order valence-corrected chi connectivity index (χ2v) is 8.04. The highest BCUT2D eigenvalue weighted by Crippen LogP contribution is 2.32. The number of carbonyl (C=O) groups excluding carboxylic acids is 1. The largest absolute Gasteiger partial charge is 0.284 e. The van der Waals surface area contributed by atoms with Crippen LogP contribution in [0, 0.1) is 6.92 Å². The summed E-state index contributed by atoms with van der Waals surface area (Å²) in [4.78, 5) is 15.6. The summed E-state index contributed by atoms with van der Waals surface area (Å²) < 4.78 is 0. The molecule has 1 aromatic heterocycles. The van der Waals surface area contributed by atoms with Gasteiger partial charge in [-0.3, -0.25) is 9.69 Å². The minimum Gasteiger partial charge on any atom is -0.284 e. The average molecular weight is 372 g/mol. The molecule has 0 unspecified atom stereocenters. The Morgan fingerprint density at radius 2 is 2.08 bits per heavy atom. The molecule has 1 fully saturated rings. The van der Waals surface area contributed by atoms with Gasteiger partial charge in [-0.25, -0.2) is 0 Å². The number of nitrogens with zero attached hydrogens (tertiary/aromatic N) is 3. The molecule has 4 nitrogen and oxygen atoms in total. The highest BCUT2D eigenvalue weighted by atomic mass is 32.2. The number of thiophene rings is 1. The van der Waals surface area contributed by atoms with E-state index < -0.39 is 0 Å². The number of carbonyl (C=O) groups is 1. The summed E-state index contributed by atoms with van der Waals surface area (Å²) >= 11 is 3.14. The van der Waals surface area contributed by atoms with Gasteiger partial charge in [0.15, 0.2) is 5.17 Å². The van der Waals surface area contributed by atoms with Crippen LogP contribution in [0.25, 0.3) is 0 Å². The van der Waals surface area contributed by atoms with E-state index in [-0.39, 0.29) is 11.2 Å². The Morgan fingerprint density at radius 1 is 1.24 bits per heavy atom. The van der Waals surface area contributed by atoms with E-state index in [1.54, 1.807) is 22.5 Å². The molecular formula is C19H21N3OS2. The van der Waals surface area contributed by atoms with Crippen LogP contribution >= 0.6 is 23.1 Å². The lowest BCUT2D eigenvalue weighted by Crippen LogP contribution is -2.31. The number of aryl methyl sites for hydroxylation is 1. The number of hydrogen-bond acceptors (Lipinski definition) is 5. The van der Waals surface area contributed by atoms with Gasteiger partial charge in [-0.15, -0.1) is 16.4 Å². The van der Waals surface area contributed by atoms with Crippen molar-refractivity contribution >= 4 is 40.4 Å². The van der Waals surface area contributed by atoms with E-state index in [0.29, 0.717) is 11.7 Å². The van der Waals surface area contributed by atoms with E-state index in [1.807, 2.05) is 29.6 Å². The number of rotatable bonds is 6. The maximum Gasteiger partial charge on any atom is 0.242 e. The molecule has 1 atom stereocenters. The first-order valence-corrected chi connectivity index (χ1v) is 10.1. The predicted octanol–water partition coefficient (Wildman–Crippen LogP) is 4.69. The Hall–Kier alpha value is -1.92. The Kier molecular flexibility index (Phi) is 6.04. The fourth-order valence-corrected chi connectivity index (χ4v) is 4.43. The molecule has 0 radical (unpaired) electrons. The smallest absolute Gasteiger partial charge is 0.242 e. The lowest BCUT2D eigenvalue weighted by Gasteiger charge is -2.17. The fourth-order valence-electron chi connectivity index (χ4n) is 2.63. The molecule has 1 aliphatic rings. The predicted molar refractivity (Wildman–Crippen MR) is 107 cm³/mol. The Labute approximate surface area is 156 Å². The van der Waals surface area contributed by atoms with Crippen LogP contribution in [-0.4, -0.2) is 27.4 Å². The molecule has 2 aromatic rings. The first-order valence-electron chi connectivity index (χ1n) is 8.36. The molecule has 25 heavy (non-hydrogen) atoms. The monoisotopic (exact) mass is 371 g/mol. The van der Waals surface area contributed by atoms with Crippen molar-refractivity contribution in [3.8, 4) is 0 Å². The first-order chi connectivity index (χ1) is 12.2. The zero-order chi connectivity index (χ0) is 17.6. The summed E-state index contributed by atoms with van der Waals surface area (Å²) in [6, 6.07) is 12.1. The Morgan fingerprint density at radius 3 is 2.80 bits per heavy atom. The van der Waals surface area contributed by atoms with Crippen LogP contribution in [-0.2, 0) is 11.3 Å². The molecule has 0 saturated carbocycles. The van der Waals surface area contributed by atoms with E-state index in [0.717, 1.165) is 23.3 Å².